The molecule has 2 aromatic rings. The fourth-order valence-electron chi connectivity index (χ4n) is 1.76. The van der Waals surface area contributed by atoms with Crippen molar-refractivity contribution in [1.29, 1.82) is 0 Å². The van der Waals surface area contributed by atoms with Crippen molar-refractivity contribution in [3.8, 4) is 5.75 Å². The molecule has 104 valence electrons. The second-order valence-corrected chi connectivity index (χ2v) is 4.25. The van der Waals surface area contributed by atoms with Gasteiger partial charge in [-0.25, -0.2) is 0 Å². The zero-order valence-electron chi connectivity index (χ0n) is 11.3. The summed E-state index contributed by atoms with van der Waals surface area (Å²) in [6.45, 7) is 0.457. The van der Waals surface area contributed by atoms with Gasteiger partial charge in [-0.2, -0.15) is 0 Å². The number of ether oxygens (including phenoxy) is 1. The molecule has 0 saturated heterocycles. The van der Waals surface area contributed by atoms with Gasteiger partial charge in [0.1, 0.15) is 5.75 Å². The second kappa shape index (κ2) is 6.56. The number of aromatic nitrogens is 1. The minimum atomic E-state index is -0.167. The van der Waals surface area contributed by atoms with Gasteiger partial charge in [0.15, 0.2) is 0 Å². The molecule has 20 heavy (non-hydrogen) atoms. The quantitative estimate of drug-likeness (QED) is 0.810. The zero-order valence-corrected chi connectivity index (χ0v) is 11.3. The van der Waals surface area contributed by atoms with Crippen LogP contribution in [0.3, 0.4) is 0 Å². The fourth-order valence-corrected chi connectivity index (χ4v) is 1.76. The van der Waals surface area contributed by atoms with Gasteiger partial charge in [-0.05, 0) is 30.3 Å². The van der Waals surface area contributed by atoms with Crippen molar-refractivity contribution in [2.75, 3.05) is 19.4 Å². The van der Waals surface area contributed by atoms with E-state index < -0.39 is 0 Å². The van der Waals surface area contributed by atoms with E-state index in [1.54, 1.807) is 31.4 Å². The fraction of sp³-hybridized carbons (Fsp3) is 0.200. The minimum Gasteiger partial charge on any atom is -0.491 e. The second-order valence-electron chi connectivity index (χ2n) is 4.25. The number of nitrogens with zero attached hydrogens (tertiary/aromatic N) is 1. The van der Waals surface area contributed by atoms with Gasteiger partial charge in [0.05, 0.1) is 12.3 Å². The number of benzene rings is 1. The summed E-state index contributed by atoms with van der Waals surface area (Å²) < 4.78 is 5.63. The Kier molecular flexibility index (Phi) is 4.55. The molecule has 5 heteroatoms. The lowest BCUT2D eigenvalue weighted by Gasteiger charge is -2.10. The van der Waals surface area contributed by atoms with E-state index >= 15 is 0 Å². The first kappa shape index (κ1) is 13.9. The number of pyridine rings is 1. The van der Waals surface area contributed by atoms with Crippen LogP contribution in [0.1, 0.15) is 16.1 Å². The third kappa shape index (κ3) is 3.47. The Bertz CT molecular complexity index is 585. The molecule has 0 aliphatic carbocycles. The summed E-state index contributed by atoms with van der Waals surface area (Å²) in [7, 11) is 1.58. The molecule has 0 radical (unpaired) electrons. The number of anilines is 1. The number of rotatable bonds is 5. The lowest BCUT2D eigenvalue weighted by molar-refractivity contribution is 0.0962. The topological polar surface area (TPSA) is 77.2 Å². The van der Waals surface area contributed by atoms with Crippen LogP contribution in [0.15, 0.2) is 42.6 Å². The molecule has 1 amide bonds. The molecule has 5 nitrogen and oxygen atoms in total. The van der Waals surface area contributed by atoms with Gasteiger partial charge in [-0.15, -0.1) is 0 Å². The summed E-state index contributed by atoms with van der Waals surface area (Å²) in [5.74, 6) is 0.349. The predicted octanol–water partition coefficient (Wildman–Crippen LogP) is 1.64. The highest BCUT2D eigenvalue weighted by Gasteiger charge is 2.07. The highest BCUT2D eigenvalue weighted by atomic mass is 16.5. The SMILES string of the molecule is CNC(=O)c1ccc(N)c(OCCc2ccccn2)c1. The van der Waals surface area contributed by atoms with Gasteiger partial charge in [-0.3, -0.25) is 9.78 Å². The van der Waals surface area contributed by atoms with E-state index in [1.807, 2.05) is 18.2 Å². The van der Waals surface area contributed by atoms with Gasteiger partial charge < -0.3 is 15.8 Å². The molecule has 0 fully saturated rings. The Morgan fingerprint density at radius 3 is 2.90 bits per heavy atom. The van der Waals surface area contributed by atoms with Crippen LogP contribution in [0.5, 0.6) is 5.75 Å². The van der Waals surface area contributed by atoms with Crippen molar-refractivity contribution in [3.05, 3.63) is 53.9 Å². The standard InChI is InChI=1S/C15H17N3O2/c1-17-15(19)11-5-6-13(16)14(10-11)20-9-7-12-4-2-3-8-18-12/h2-6,8,10H,7,9,16H2,1H3,(H,17,19). The van der Waals surface area contributed by atoms with Crippen molar-refractivity contribution in [2.24, 2.45) is 0 Å². The molecular weight excluding hydrogens is 254 g/mol. The average Bonchev–Trinajstić information content (AvgIpc) is 2.49. The van der Waals surface area contributed by atoms with E-state index in [0.717, 1.165) is 5.69 Å². The number of nitrogens with two attached hydrogens (primary N) is 1. The molecule has 2 rings (SSSR count). The van der Waals surface area contributed by atoms with Gasteiger partial charge >= 0.3 is 0 Å². The molecule has 0 aliphatic heterocycles. The molecule has 0 spiro atoms. The highest BCUT2D eigenvalue weighted by molar-refractivity contribution is 5.95. The molecule has 1 heterocycles. The Morgan fingerprint density at radius 1 is 1.35 bits per heavy atom. The molecule has 1 aromatic carbocycles. The van der Waals surface area contributed by atoms with Gasteiger partial charge in [0, 0.05) is 30.9 Å². The smallest absolute Gasteiger partial charge is 0.251 e. The van der Waals surface area contributed by atoms with Gasteiger partial charge in [0.25, 0.3) is 5.91 Å². The summed E-state index contributed by atoms with van der Waals surface area (Å²) >= 11 is 0. The van der Waals surface area contributed by atoms with E-state index in [2.05, 4.69) is 10.3 Å². The van der Waals surface area contributed by atoms with Crippen molar-refractivity contribution >= 4 is 11.6 Å². The predicted molar refractivity (Wildman–Crippen MR) is 77.7 cm³/mol. The third-order valence-electron chi connectivity index (χ3n) is 2.84. The molecule has 1 aromatic heterocycles. The first-order valence-electron chi connectivity index (χ1n) is 6.35. The summed E-state index contributed by atoms with van der Waals surface area (Å²) in [6, 6.07) is 10.7. The van der Waals surface area contributed by atoms with Crippen LogP contribution < -0.4 is 15.8 Å². The molecule has 3 N–H and O–H groups in total. The van der Waals surface area contributed by atoms with E-state index in [-0.39, 0.29) is 5.91 Å². The van der Waals surface area contributed by atoms with E-state index in [0.29, 0.717) is 30.0 Å². The van der Waals surface area contributed by atoms with Crippen LogP contribution in [-0.2, 0) is 6.42 Å². The molecule has 0 atom stereocenters. The van der Waals surface area contributed by atoms with Crippen LogP contribution in [0, 0.1) is 0 Å². The van der Waals surface area contributed by atoms with Crippen molar-refractivity contribution < 1.29 is 9.53 Å². The maximum absolute atomic E-state index is 11.6. The van der Waals surface area contributed by atoms with E-state index in [9.17, 15) is 4.79 Å². The number of hydrogen-bond acceptors (Lipinski definition) is 4. The van der Waals surface area contributed by atoms with Crippen LogP contribution in [-0.4, -0.2) is 24.5 Å². The Morgan fingerprint density at radius 2 is 2.20 bits per heavy atom. The van der Waals surface area contributed by atoms with Crippen LogP contribution in [0.25, 0.3) is 0 Å². The normalized spacial score (nSPS) is 10.1. The Hall–Kier alpha value is -2.56. The van der Waals surface area contributed by atoms with Gasteiger partial charge in [0.2, 0.25) is 0 Å². The minimum absolute atomic E-state index is 0.167. The van der Waals surface area contributed by atoms with E-state index in [1.165, 1.54) is 0 Å². The largest absolute Gasteiger partial charge is 0.491 e. The lowest BCUT2D eigenvalue weighted by atomic mass is 10.2. The molecule has 0 bridgehead atoms. The van der Waals surface area contributed by atoms with Gasteiger partial charge in [-0.1, -0.05) is 6.07 Å². The number of nitrogens with one attached hydrogen (secondary N) is 1. The number of carbonyl (C=O) groups is 1. The Labute approximate surface area is 117 Å². The highest BCUT2D eigenvalue weighted by Crippen LogP contribution is 2.22. The van der Waals surface area contributed by atoms with Crippen molar-refractivity contribution in [1.82, 2.24) is 10.3 Å². The van der Waals surface area contributed by atoms with Crippen LogP contribution in [0.2, 0.25) is 0 Å². The number of amides is 1. The molecule has 0 saturated carbocycles. The number of nitrogen functional groups attached to an aromatic ring is 1. The number of carbonyl (C=O) groups excluding carboxylic acids is 1. The van der Waals surface area contributed by atoms with Crippen molar-refractivity contribution in [2.45, 2.75) is 6.42 Å². The summed E-state index contributed by atoms with van der Waals surface area (Å²) in [4.78, 5) is 15.8. The summed E-state index contributed by atoms with van der Waals surface area (Å²) in [5, 5.41) is 2.56. The molecular formula is C15H17N3O2. The first-order valence-corrected chi connectivity index (χ1v) is 6.35. The van der Waals surface area contributed by atoms with Crippen LogP contribution >= 0.6 is 0 Å². The molecule has 0 unspecified atom stereocenters. The van der Waals surface area contributed by atoms with Crippen LogP contribution in [0.4, 0.5) is 5.69 Å². The average molecular weight is 271 g/mol. The maximum atomic E-state index is 11.6. The monoisotopic (exact) mass is 271 g/mol. The summed E-state index contributed by atoms with van der Waals surface area (Å²) in [6.07, 6.45) is 2.43. The number of hydrogen-bond donors (Lipinski definition) is 2. The lowest BCUT2D eigenvalue weighted by Crippen LogP contribution is -2.18. The summed E-state index contributed by atoms with van der Waals surface area (Å²) in [5.41, 5.74) is 7.83. The Balaban J connectivity index is 2.00. The first-order chi connectivity index (χ1) is 9.70. The van der Waals surface area contributed by atoms with Crippen molar-refractivity contribution in [3.63, 3.8) is 0 Å². The zero-order chi connectivity index (χ0) is 14.4. The van der Waals surface area contributed by atoms with E-state index in [4.69, 9.17) is 10.5 Å². The molecule has 0 aliphatic rings. The maximum Gasteiger partial charge on any atom is 0.251 e. The third-order valence-corrected chi connectivity index (χ3v) is 2.84.